The minimum Gasteiger partial charge on any atom is -0.309 e. The average molecular weight is 1910 g/mol. The molecule has 0 spiro atoms. The van der Waals surface area contributed by atoms with Crippen molar-refractivity contribution in [3.05, 3.63) is 491 Å². The molecule has 0 radical (unpaired) electrons. The van der Waals surface area contributed by atoms with Crippen LogP contribution in [0.4, 0.5) is 0 Å². The smallest absolute Gasteiger partial charge is 0.166 e. The highest BCUT2D eigenvalue weighted by Crippen LogP contribution is 2.48. The lowest BCUT2D eigenvalue weighted by Crippen LogP contribution is -2.05. The van der Waals surface area contributed by atoms with E-state index >= 15 is 0 Å². The number of hydrogen-bond acceptors (Lipinski definition) is 12. The fourth-order valence-corrected chi connectivity index (χ4v) is 21.9. The van der Waals surface area contributed by atoms with E-state index in [2.05, 4.69) is 296 Å². The Balaban J connectivity index is 0.604. The zero-order valence-corrected chi connectivity index (χ0v) is 79.9. The van der Waals surface area contributed by atoms with Gasteiger partial charge in [0.05, 0.1) is 66.5 Å². The molecular formula is C132H81N17. The van der Waals surface area contributed by atoms with Gasteiger partial charge in [-0.05, 0) is 139 Å². The van der Waals surface area contributed by atoms with Crippen LogP contribution in [0.25, 0.3) is 285 Å². The third-order valence-corrected chi connectivity index (χ3v) is 28.7. The average Bonchev–Trinajstić information content (AvgIpc) is 1.48. The van der Waals surface area contributed by atoms with Gasteiger partial charge in [-0.1, -0.05) is 364 Å². The fraction of sp³-hybridized carbons (Fsp3) is 0. The van der Waals surface area contributed by atoms with Crippen molar-refractivity contribution < 1.29 is 0 Å². The summed E-state index contributed by atoms with van der Waals surface area (Å²) in [6, 6.07) is 172. The van der Waals surface area contributed by atoms with Crippen molar-refractivity contribution in [2.75, 3.05) is 0 Å². The van der Waals surface area contributed by atoms with Crippen LogP contribution in [-0.4, -0.2) is 82.6 Å². The molecule has 0 saturated heterocycles. The van der Waals surface area contributed by atoms with Gasteiger partial charge in [-0.3, -0.25) is 0 Å². The lowest BCUT2D eigenvalue weighted by Gasteiger charge is -2.17. The molecular weight excluding hydrogens is 1820 g/mol. The van der Waals surface area contributed by atoms with Gasteiger partial charge in [0.1, 0.15) is 0 Å². The van der Waals surface area contributed by atoms with Crippen LogP contribution in [0.5, 0.6) is 0 Å². The first-order valence-electron chi connectivity index (χ1n) is 49.8. The molecule has 694 valence electrons. The number of para-hydroxylation sites is 5. The summed E-state index contributed by atoms with van der Waals surface area (Å²) in [5.41, 5.74) is 27.1. The molecule has 0 aliphatic carbocycles. The van der Waals surface area contributed by atoms with Gasteiger partial charge in [0.25, 0.3) is 0 Å². The van der Waals surface area contributed by atoms with Crippen molar-refractivity contribution in [3.8, 4) is 176 Å². The van der Waals surface area contributed by atoms with Gasteiger partial charge in [-0.2, -0.15) is 0 Å². The SMILES string of the molecule is c1ccc(-c2nc(-c3ccccc3)nc(-c3ccc(-n4c5ccccc5c5cc(-n6c7ccccc7c7cc(-c8cccc9c8c8ccccc8n9-c8ccc9c%10ccc(-n%11c%12ccccc%12c%12ccccc%12%11)cc%10n(-c%10ccc(-c%11nc(-c%12ccccc%12)nc(-c%12ccccc%12)n%11)cc%10-c%10nc(-c%11ccccc%11)nc(-c%11ccccc%11)n%10)c9c8)ccc76)ccc54)c(-c4nc(-c5ccccc5)nc(-c5ccccc5)n4)c3)n2)cc1. The van der Waals surface area contributed by atoms with E-state index in [1.807, 2.05) is 218 Å². The van der Waals surface area contributed by atoms with E-state index in [1.165, 1.54) is 10.8 Å². The monoisotopic (exact) mass is 1900 g/mol. The normalized spacial score (nSPS) is 11.8. The molecule has 0 N–H and O–H groups in total. The second-order valence-corrected chi connectivity index (χ2v) is 37.4. The Morgan fingerprint density at radius 2 is 0.349 bits per heavy atom. The number of hydrogen-bond donors (Lipinski definition) is 0. The van der Waals surface area contributed by atoms with Crippen molar-refractivity contribution >= 4 is 109 Å². The number of fused-ring (bicyclic) bond motifs is 15. The maximum atomic E-state index is 5.60. The van der Waals surface area contributed by atoms with Crippen LogP contribution in [0.1, 0.15) is 0 Å². The van der Waals surface area contributed by atoms with Gasteiger partial charge in [0.2, 0.25) is 0 Å². The third-order valence-electron chi connectivity index (χ3n) is 28.7. The van der Waals surface area contributed by atoms with Crippen molar-refractivity contribution in [3.63, 3.8) is 0 Å². The number of rotatable bonds is 18. The van der Waals surface area contributed by atoms with E-state index in [1.54, 1.807) is 0 Å². The molecule has 29 rings (SSSR count). The highest BCUT2D eigenvalue weighted by atomic mass is 15.1. The fourth-order valence-electron chi connectivity index (χ4n) is 21.9. The molecule has 0 aliphatic heterocycles. The van der Waals surface area contributed by atoms with E-state index in [0.29, 0.717) is 69.9 Å². The zero-order valence-electron chi connectivity index (χ0n) is 79.9. The second-order valence-electron chi connectivity index (χ2n) is 37.4. The second kappa shape index (κ2) is 35.2. The van der Waals surface area contributed by atoms with E-state index in [-0.39, 0.29) is 0 Å². The van der Waals surface area contributed by atoms with Crippen LogP contribution in [-0.2, 0) is 0 Å². The predicted molar refractivity (Wildman–Crippen MR) is 602 cm³/mol. The molecule has 9 aromatic heterocycles. The number of nitrogens with zero attached hydrogens (tertiary/aromatic N) is 17. The molecule has 0 bridgehead atoms. The van der Waals surface area contributed by atoms with Crippen LogP contribution in [0.2, 0.25) is 0 Å². The molecule has 9 heterocycles. The molecule has 0 amide bonds. The molecule has 29 aromatic rings. The molecule has 0 saturated carbocycles. The third kappa shape index (κ3) is 14.6. The summed E-state index contributed by atoms with van der Waals surface area (Å²) < 4.78 is 12.1. The Morgan fingerprint density at radius 3 is 0.711 bits per heavy atom. The summed E-state index contributed by atoms with van der Waals surface area (Å²) in [5, 5.41) is 11.1. The van der Waals surface area contributed by atoms with E-state index in [4.69, 9.17) is 59.8 Å². The van der Waals surface area contributed by atoms with Crippen LogP contribution >= 0.6 is 0 Å². The minimum absolute atomic E-state index is 0.457. The standard InChI is InChI=1S/C132H81N17/c1-9-36-82(37-10-1)121-133-122(83-38-11-2-12-39-83)138-129(137-121)91-65-73-115(106(77-91)131-141-125(86-44-17-5-18-45-86)135-126(142-131)87-46-19-6-20-47-87)148-111-61-33-28-55-100(111)105-79-93(69-75-114(105)148)145-110-60-32-27-54-99(110)104-76-90(64-72-113(104)145)96-57-35-63-117-120(96)103-56-29-34-62-112(103)147(117)95-68-71-102-101-70-67-94(146-108-58-30-25-52-97(108)98-53-26-31-59-109(98)146)80-118(101)149(119(102)81-95)116-74-66-92(130-139-123(84-40-13-3-14-41-84)134-124(140-130)85-42-15-4-16-43-85)78-107(116)132-143-127(88-48-21-7-22-49-88)136-128(144-132)89-50-23-8-24-51-89/h1-81H. The maximum Gasteiger partial charge on any atom is 0.166 e. The minimum atomic E-state index is 0.457. The highest BCUT2D eigenvalue weighted by molar-refractivity contribution is 6.20. The Kier molecular flexibility index (Phi) is 20.2. The summed E-state index contributed by atoms with van der Waals surface area (Å²) in [5.74, 6) is 6.25. The van der Waals surface area contributed by atoms with Crippen LogP contribution in [0, 0.1) is 0 Å². The molecule has 149 heavy (non-hydrogen) atoms. The maximum absolute atomic E-state index is 5.60. The molecule has 0 aliphatic rings. The summed E-state index contributed by atoms with van der Waals surface area (Å²) >= 11 is 0. The van der Waals surface area contributed by atoms with Gasteiger partial charge in [-0.15, -0.1) is 0 Å². The highest BCUT2D eigenvalue weighted by Gasteiger charge is 2.30. The summed E-state index contributed by atoms with van der Waals surface area (Å²) in [4.78, 5) is 64.2. The van der Waals surface area contributed by atoms with Crippen molar-refractivity contribution in [2.24, 2.45) is 0 Å². The molecule has 0 fully saturated rings. The summed E-state index contributed by atoms with van der Waals surface area (Å²) in [6.45, 7) is 0. The largest absolute Gasteiger partial charge is 0.309 e. The van der Waals surface area contributed by atoms with Gasteiger partial charge in [0, 0.05) is 138 Å². The van der Waals surface area contributed by atoms with Crippen molar-refractivity contribution in [2.45, 2.75) is 0 Å². The zero-order chi connectivity index (χ0) is 98.1. The molecule has 20 aromatic carbocycles. The molecule has 17 nitrogen and oxygen atoms in total. The Hall–Kier alpha value is -20.6. The summed E-state index contributed by atoms with van der Waals surface area (Å²) in [7, 11) is 0. The van der Waals surface area contributed by atoms with E-state index in [0.717, 1.165) is 205 Å². The van der Waals surface area contributed by atoms with Crippen LogP contribution in [0.3, 0.4) is 0 Å². The Bertz CT molecular complexity index is 10100. The van der Waals surface area contributed by atoms with Crippen LogP contribution < -0.4 is 0 Å². The first kappa shape index (κ1) is 85.2. The first-order chi connectivity index (χ1) is 73.9. The number of aromatic nitrogens is 17. The topological polar surface area (TPSA) is 179 Å². The van der Waals surface area contributed by atoms with E-state index in [9.17, 15) is 0 Å². The van der Waals surface area contributed by atoms with Crippen molar-refractivity contribution in [1.29, 1.82) is 0 Å². The number of benzene rings is 20. The molecule has 0 unspecified atom stereocenters. The lowest BCUT2D eigenvalue weighted by molar-refractivity contribution is 1.06. The van der Waals surface area contributed by atoms with Crippen LogP contribution in [0.15, 0.2) is 491 Å². The molecule has 0 atom stereocenters. The quantitative estimate of drug-likeness (QED) is 0.0795. The first-order valence-corrected chi connectivity index (χ1v) is 49.8. The predicted octanol–water partition coefficient (Wildman–Crippen LogP) is 31.6. The van der Waals surface area contributed by atoms with Gasteiger partial charge >= 0.3 is 0 Å². The molecule has 17 heteroatoms. The van der Waals surface area contributed by atoms with Gasteiger partial charge < -0.3 is 22.8 Å². The van der Waals surface area contributed by atoms with Gasteiger partial charge in [-0.25, -0.2) is 59.8 Å². The Morgan fingerprint density at radius 1 is 0.114 bits per heavy atom. The summed E-state index contributed by atoms with van der Waals surface area (Å²) in [6.07, 6.45) is 0. The Labute approximate surface area is 853 Å². The lowest BCUT2D eigenvalue weighted by atomic mass is 9.98. The van der Waals surface area contributed by atoms with Crippen molar-refractivity contribution in [1.82, 2.24) is 82.6 Å². The van der Waals surface area contributed by atoms with Gasteiger partial charge in [0.15, 0.2) is 69.9 Å². The van der Waals surface area contributed by atoms with E-state index < -0.39 is 0 Å².